The SMILES string of the molecule is CCC(C)Cn1cc(C)nc1N. The standard InChI is InChI=1S/C9H17N3/c1-4-7(2)5-12-6-8(3)11-9(12)10/h6-7H,4-5H2,1-3H3,(H2,10,11). The third-order valence-corrected chi connectivity index (χ3v) is 2.13. The number of rotatable bonds is 3. The minimum absolute atomic E-state index is 0.632. The first kappa shape index (κ1) is 9.10. The number of aromatic nitrogens is 2. The van der Waals surface area contributed by atoms with Crippen molar-refractivity contribution >= 4 is 5.95 Å². The summed E-state index contributed by atoms with van der Waals surface area (Å²) < 4.78 is 2.02. The monoisotopic (exact) mass is 167 g/mol. The molecule has 0 bridgehead atoms. The maximum absolute atomic E-state index is 5.70. The van der Waals surface area contributed by atoms with Crippen LogP contribution in [0.3, 0.4) is 0 Å². The van der Waals surface area contributed by atoms with Crippen LogP contribution in [0.25, 0.3) is 0 Å². The summed E-state index contributed by atoms with van der Waals surface area (Å²) in [5, 5.41) is 0. The normalized spacial score (nSPS) is 13.2. The van der Waals surface area contributed by atoms with Crippen molar-refractivity contribution < 1.29 is 0 Å². The minimum Gasteiger partial charge on any atom is -0.369 e. The molecule has 0 aliphatic heterocycles. The number of nitrogens with zero attached hydrogens (tertiary/aromatic N) is 2. The van der Waals surface area contributed by atoms with Gasteiger partial charge in [0.25, 0.3) is 0 Å². The molecule has 3 heteroatoms. The number of hydrogen-bond acceptors (Lipinski definition) is 2. The van der Waals surface area contributed by atoms with Crippen LogP contribution in [-0.2, 0) is 6.54 Å². The Morgan fingerprint density at radius 3 is 2.75 bits per heavy atom. The third-order valence-electron chi connectivity index (χ3n) is 2.13. The second kappa shape index (κ2) is 3.61. The van der Waals surface area contributed by atoms with Crippen LogP contribution in [0.15, 0.2) is 6.20 Å². The van der Waals surface area contributed by atoms with Crippen LogP contribution >= 0.6 is 0 Å². The molecule has 1 aromatic rings. The molecule has 0 aliphatic carbocycles. The number of aryl methyl sites for hydroxylation is 1. The van der Waals surface area contributed by atoms with Gasteiger partial charge in [-0.2, -0.15) is 0 Å². The average Bonchev–Trinajstić information content (AvgIpc) is 2.30. The number of anilines is 1. The number of nitrogen functional groups attached to an aromatic ring is 1. The van der Waals surface area contributed by atoms with E-state index in [1.54, 1.807) is 0 Å². The van der Waals surface area contributed by atoms with E-state index < -0.39 is 0 Å². The molecule has 1 heterocycles. The summed E-state index contributed by atoms with van der Waals surface area (Å²) in [6.07, 6.45) is 3.18. The molecule has 0 saturated heterocycles. The van der Waals surface area contributed by atoms with Crippen LogP contribution in [0.1, 0.15) is 26.0 Å². The van der Waals surface area contributed by atoms with Crippen molar-refractivity contribution in [3.8, 4) is 0 Å². The van der Waals surface area contributed by atoms with Crippen molar-refractivity contribution in [1.29, 1.82) is 0 Å². The Labute approximate surface area is 73.6 Å². The van der Waals surface area contributed by atoms with Gasteiger partial charge in [0.15, 0.2) is 5.95 Å². The van der Waals surface area contributed by atoms with E-state index in [2.05, 4.69) is 18.8 Å². The van der Waals surface area contributed by atoms with Gasteiger partial charge < -0.3 is 10.3 Å². The lowest BCUT2D eigenvalue weighted by Crippen LogP contribution is -2.08. The highest BCUT2D eigenvalue weighted by atomic mass is 15.1. The summed E-state index contributed by atoms with van der Waals surface area (Å²) >= 11 is 0. The molecule has 0 radical (unpaired) electrons. The van der Waals surface area contributed by atoms with Crippen molar-refractivity contribution in [3.05, 3.63) is 11.9 Å². The summed E-state index contributed by atoms with van der Waals surface area (Å²) in [5.74, 6) is 1.30. The molecule has 0 saturated carbocycles. The molecule has 1 aromatic heterocycles. The molecular weight excluding hydrogens is 150 g/mol. The van der Waals surface area contributed by atoms with Gasteiger partial charge in [0.2, 0.25) is 0 Å². The Kier molecular flexibility index (Phi) is 2.74. The van der Waals surface area contributed by atoms with Gasteiger partial charge in [-0.05, 0) is 12.8 Å². The molecule has 0 aromatic carbocycles. The van der Waals surface area contributed by atoms with Gasteiger partial charge in [-0.15, -0.1) is 0 Å². The van der Waals surface area contributed by atoms with E-state index in [1.165, 1.54) is 6.42 Å². The van der Waals surface area contributed by atoms with Crippen LogP contribution in [-0.4, -0.2) is 9.55 Å². The fourth-order valence-corrected chi connectivity index (χ4v) is 1.18. The van der Waals surface area contributed by atoms with Gasteiger partial charge in [-0.3, -0.25) is 0 Å². The lowest BCUT2D eigenvalue weighted by molar-refractivity contribution is 0.472. The van der Waals surface area contributed by atoms with Crippen LogP contribution in [0.2, 0.25) is 0 Å². The number of imidazole rings is 1. The van der Waals surface area contributed by atoms with E-state index in [-0.39, 0.29) is 0 Å². The summed E-state index contributed by atoms with van der Waals surface area (Å²) in [5.41, 5.74) is 6.69. The Morgan fingerprint density at radius 1 is 1.67 bits per heavy atom. The largest absolute Gasteiger partial charge is 0.369 e. The Hall–Kier alpha value is -0.990. The molecule has 0 amide bonds. The Balaban J connectivity index is 2.68. The highest BCUT2D eigenvalue weighted by Crippen LogP contribution is 2.10. The van der Waals surface area contributed by atoms with Gasteiger partial charge in [-0.25, -0.2) is 4.98 Å². The van der Waals surface area contributed by atoms with E-state index in [0.717, 1.165) is 12.2 Å². The quantitative estimate of drug-likeness (QED) is 0.746. The van der Waals surface area contributed by atoms with Gasteiger partial charge in [0.1, 0.15) is 0 Å². The molecule has 0 fully saturated rings. The van der Waals surface area contributed by atoms with Gasteiger partial charge >= 0.3 is 0 Å². The summed E-state index contributed by atoms with van der Waals surface area (Å²) in [6.45, 7) is 7.34. The Morgan fingerprint density at radius 2 is 2.33 bits per heavy atom. The van der Waals surface area contributed by atoms with Crippen LogP contribution in [0.4, 0.5) is 5.95 Å². The van der Waals surface area contributed by atoms with Gasteiger partial charge in [-0.1, -0.05) is 20.3 Å². The van der Waals surface area contributed by atoms with Crippen molar-refractivity contribution in [2.24, 2.45) is 5.92 Å². The predicted molar refractivity (Wildman–Crippen MR) is 50.8 cm³/mol. The average molecular weight is 167 g/mol. The fourth-order valence-electron chi connectivity index (χ4n) is 1.18. The third kappa shape index (κ3) is 2.00. The lowest BCUT2D eigenvalue weighted by atomic mass is 10.1. The first-order valence-electron chi connectivity index (χ1n) is 4.42. The topological polar surface area (TPSA) is 43.8 Å². The van der Waals surface area contributed by atoms with Gasteiger partial charge in [0, 0.05) is 12.7 Å². The molecule has 1 atom stereocenters. The van der Waals surface area contributed by atoms with E-state index >= 15 is 0 Å². The maximum Gasteiger partial charge on any atom is 0.200 e. The van der Waals surface area contributed by atoms with Crippen molar-refractivity contribution in [2.45, 2.75) is 33.7 Å². The van der Waals surface area contributed by atoms with Crippen LogP contribution in [0.5, 0.6) is 0 Å². The first-order chi connectivity index (χ1) is 5.63. The van der Waals surface area contributed by atoms with Crippen molar-refractivity contribution in [2.75, 3.05) is 5.73 Å². The predicted octanol–water partition coefficient (Wildman–Crippen LogP) is 1.82. The highest BCUT2D eigenvalue weighted by Gasteiger charge is 2.04. The van der Waals surface area contributed by atoms with E-state index in [9.17, 15) is 0 Å². The summed E-state index contributed by atoms with van der Waals surface area (Å²) in [6, 6.07) is 0. The van der Waals surface area contributed by atoms with Crippen molar-refractivity contribution in [1.82, 2.24) is 9.55 Å². The second-order valence-corrected chi connectivity index (χ2v) is 3.41. The summed E-state index contributed by atoms with van der Waals surface area (Å²) in [4.78, 5) is 4.14. The minimum atomic E-state index is 0.632. The van der Waals surface area contributed by atoms with E-state index in [1.807, 2.05) is 17.7 Å². The molecule has 1 unspecified atom stereocenters. The van der Waals surface area contributed by atoms with Crippen LogP contribution in [0, 0.1) is 12.8 Å². The number of hydrogen-bond donors (Lipinski definition) is 1. The molecule has 68 valence electrons. The summed E-state index contributed by atoms with van der Waals surface area (Å²) in [7, 11) is 0. The molecule has 1 rings (SSSR count). The number of nitrogens with two attached hydrogens (primary N) is 1. The zero-order valence-electron chi connectivity index (χ0n) is 8.04. The zero-order chi connectivity index (χ0) is 9.14. The fraction of sp³-hybridized carbons (Fsp3) is 0.667. The lowest BCUT2D eigenvalue weighted by Gasteiger charge is -2.09. The van der Waals surface area contributed by atoms with E-state index in [0.29, 0.717) is 11.9 Å². The maximum atomic E-state index is 5.70. The second-order valence-electron chi connectivity index (χ2n) is 3.41. The van der Waals surface area contributed by atoms with Crippen LogP contribution < -0.4 is 5.73 Å². The smallest absolute Gasteiger partial charge is 0.200 e. The molecule has 0 aliphatic rings. The molecule has 2 N–H and O–H groups in total. The van der Waals surface area contributed by atoms with E-state index in [4.69, 9.17) is 5.73 Å². The Bertz CT molecular complexity index is 252. The first-order valence-corrected chi connectivity index (χ1v) is 4.42. The molecule has 3 nitrogen and oxygen atoms in total. The molecule has 0 spiro atoms. The highest BCUT2D eigenvalue weighted by molar-refractivity contribution is 5.21. The molecule has 12 heavy (non-hydrogen) atoms. The zero-order valence-corrected chi connectivity index (χ0v) is 8.04. The molecular formula is C9H17N3. The van der Waals surface area contributed by atoms with Gasteiger partial charge in [0.05, 0.1) is 5.69 Å². The van der Waals surface area contributed by atoms with Crippen molar-refractivity contribution in [3.63, 3.8) is 0 Å².